The molecule has 1 atom stereocenters. The number of halogens is 1. The summed E-state index contributed by atoms with van der Waals surface area (Å²) in [7, 11) is -2.16. The molecule has 0 aliphatic carbocycles. The van der Waals surface area contributed by atoms with Gasteiger partial charge >= 0.3 is 0 Å². The molecule has 1 amide bonds. The molecule has 29 heavy (non-hydrogen) atoms. The first-order valence-electron chi connectivity index (χ1n) is 8.96. The highest BCUT2D eigenvalue weighted by molar-refractivity contribution is 7.98. The summed E-state index contributed by atoms with van der Waals surface area (Å²) in [6, 6.07) is 12.1. The van der Waals surface area contributed by atoms with Crippen LogP contribution in [0.1, 0.15) is 12.5 Å². The maximum Gasteiger partial charge on any atom is 0.243 e. The number of hydrogen-bond donors (Lipinski definition) is 1. The lowest BCUT2D eigenvalue weighted by molar-refractivity contribution is -0.121. The summed E-state index contributed by atoms with van der Waals surface area (Å²) in [6.07, 6.45) is 1.06. The Balaban J connectivity index is 1.92. The lowest BCUT2D eigenvalue weighted by Gasteiger charge is -2.28. The zero-order valence-electron chi connectivity index (χ0n) is 16.6. The number of rotatable bonds is 10. The summed E-state index contributed by atoms with van der Waals surface area (Å²) in [5.74, 6) is 1.01. The quantitative estimate of drug-likeness (QED) is 0.575. The van der Waals surface area contributed by atoms with Gasteiger partial charge in [-0.2, -0.15) is 11.8 Å². The number of hydrogen-bond acceptors (Lipinski definition) is 5. The molecule has 0 fully saturated rings. The molecule has 0 aromatic heterocycles. The van der Waals surface area contributed by atoms with Gasteiger partial charge in [0.15, 0.2) is 0 Å². The van der Waals surface area contributed by atoms with Gasteiger partial charge in [-0.15, -0.1) is 0 Å². The molecule has 0 saturated heterocycles. The number of nitrogens with zero attached hydrogens (tertiary/aromatic N) is 1. The Labute approximate surface area is 175 Å². The Morgan fingerprint density at radius 2 is 1.86 bits per heavy atom. The maximum atomic E-state index is 13.6. The standard InChI is InChI=1S/C20H25FN2O4S2/c1-15(23(29(3,25)26)17-8-10-18(27-2)11-9-17)20(24)22-12-13-28-14-16-6-4-5-7-19(16)21/h4-11,15H,12-14H2,1-3H3,(H,22,24)/t15-/m0/s1. The van der Waals surface area contributed by atoms with E-state index < -0.39 is 22.0 Å². The summed E-state index contributed by atoms with van der Waals surface area (Å²) >= 11 is 1.49. The van der Waals surface area contributed by atoms with E-state index in [9.17, 15) is 17.6 Å². The molecule has 0 aliphatic rings. The van der Waals surface area contributed by atoms with Crippen molar-refractivity contribution in [1.82, 2.24) is 5.32 Å². The number of ether oxygens (including phenoxy) is 1. The van der Waals surface area contributed by atoms with E-state index in [0.29, 0.717) is 35.1 Å². The van der Waals surface area contributed by atoms with Gasteiger partial charge in [0.25, 0.3) is 0 Å². The van der Waals surface area contributed by atoms with Gasteiger partial charge in [0.05, 0.1) is 19.1 Å². The second-order valence-corrected chi connectivity index (χ2v) is 9.33. The van der Waals surface area contributed by atoms with Crippen LogP contribution < -0.4 is 14.4 Å². The van der Waals surface area contributed by atoms with Gasteiger partial charge in [0, 0.05) is 18.1 Å². The average molecular weight is 441 g/mol. The lowest BCUT2D eigenvalue weighted by atomic mass is 10.2. The van der Waals surface area contributed by atoms with Gasteiger partial charge in [-0.05, 0) is 42.8 Å². The normalized spacial score (nSPS) is 12.3. The number of carbonyl (C=O) groups excluding carboxylic acids is 1. The molecule has 2 aromatic rings. The van der Waals surface area contributed by atoms with E-state index in [0.717, 1.165) is 10.6 Å². The Bertz CT molecular complexity index is 920. The number of thioether (sulfide) groups is 1. The topological polar surface area (TPSA) is 75.7 Å². The van der Waals surface area contributed by atoms with Crippen LogP contribution in [0.3, 0.4) is 0 Å². The molecule has 1 N–H and O–H groups in total. The molecule has 0 bridgehead atoms. The highest BCUT2D eigenvalue weighted by atomic mass is 32.2. The van der Waals surface area contributed by atoms with Crippen molar-refractivity contribution in [2.75, 3.05) is 30.0 Å². The first kappa shape index (κ1) is 23.0. The van der Waals surface area contributed by atoms with Crippen LogP contribution in [0.5, 0.6) is 5.75 Å². The Morgan fingerprint density at radius 1 is 1.21 bits per heavy atom. The smallest absolute Gasteiger partial charge is 0.243 e. The van der Waals surface area contributed by atoms with E-state index in [1.54, 1.807) is 42.5 Å². The van der Waals surface area contributed by atoms with E-state index in [4.69, 9.17) is 4.74 Å². The number of methoxy groups -OCH3 is 1. The van der Waals surface area contributed by atoms with Crippen LogP contribution in [-0.4, -0.2) is 46.0 Å². The first-order chi connectivity index (χ1) is 13.7. The molecule has 0 aliphatic heterocycles. The zero-order chi connectivity index (χ0) is 21.4. The average Bonchev–Trinajstić information content (AvgIpc) is 2.68. The summed E-state index contributed by atoms with van der Waals surface area (Å²) in [4.78, 5) is 12.5. The number of benzene rings is 2. The highest BCUT2D eigenvalue weighted by Gasteiger charge is 2.28. The summed E-state index contributed by atoms with van der Waals surface area (Å²) < 4.78 is 44.3. The summed E-state index contributed by atoms with van der Waals surface area (Å²) in [5, 5.41) is 2.74. The van der Waals surface area contributed by atoms with Crippen LogP contribution in [0.15, 0.2) is 48.5 Å². The molecule has 2 rings (SSSR count). The maximum absolute atomic E-state index is 13.6. The van der Waals surface area contributed by atoms with E-state index in [1.165, 1.54) is 31.9 Å². The van der Waals surface area contributed by atoms with E-state index >= 15 is 0 Å². The lowest BCUT2D eigenvalue weighted by Crippen LogP contribution is -2.48. The third-order valence-corrected chi connectivity index (χ3v) is 6.43. The summed E-state index contributed by atoms with van der Waals surface area (Å²) in [6.45, 7) is 1.88. The van der Waals surface area contributed by atoms with Crippen molar-refractivity contribution in [2.24, 2.45) is 0 Å². The third-order valence-electron chi connectivity index (χ3n) is 4.18. The monoisotopic (exact) mass is 440 g/mol. The fraction of sp³-hybridized carbons (Fsp3) is 0.350. The van der Waals surface area contributed by atoms with E-state index in [1.807, 2.05) is 0 Å². The SMILES string of the molecule is COc1ccc(N([C@@H](C)C(=O)NCCSCc2ccccc2F)S(C)(=O)=O)cc1. The molecule has 0 saturated carbocycles. The van der Waals surface area contributed by atoms with Crippen LogP contribution in [0, 0.1) is 5.82 Å². The largest absolute Gasteiger partial charge is 0.497 e. The molecule has 2 aromatic carbocycles. The van der Waals surface area contributed by atoms with Crippen LogP contribution in [0.2, 0.25) is 0 Å². The molecule has 158 valence electrons. The second kappa shape index (κ2) is 10.5. The molecule has 0 spiro atoms. The Morgan fingerprint density at radius 3 is 2.45 bits per heavy atom. The van der Waals surface area contributed by atoms with Crippen LogP contribution in [0.4, 0.5) is 10.1 Å². The van der Waals surface area contributed by atoms with Crippen LogP contribution in [-0.2, 0) is 20.6 Å². The van der Waals surface area contributed by atoms with E-state index in [2.05, 4.69) is 5.32 Å². The Hall–Kier alpha value is -2.26. The number of carbonyl (C=O) groups is 1. The van der Waals surface area contributed by atoms with Crippen LogP contribution >= 0.6 is 11.8 Å². The molecule has 0 radical (unpaired) electrons. The van der Waals surface area contributed by atoms with Crippen molar-refractivity contribution < 1.29 is 22.3 Å². The molecule has 0 heterocycles. The predicted molar refractivity (Wildman–Crippen MR) is 115 cm³/mol. The first-order valence-corrected chi connectivity index (χ1v) is 12.0. The second-order valence-electron chi connectivity index (χ2n) is 6.37. The zero-order valence-corrected chi connectivity index (χ0v) is 18.2. The van der Waals surface area contributed by atoms with Gasteiger partial charge in [0.2, 0.25) is 15.9 Å². The van der Waals surface area contributed by atoms with Gasteiger partial charge < -0.3 is 10.1 Å². The molecule has 0 unspecified atom stereocenters. The van der Waals surface area contributed by atoms with Crippen molar-refractivity contribution >= 4 is 33.4 Å². The molecular formula is C20H25FN2O4S2. The molecule has 9 heteroatoms. The van der Waals surface area contributed by atoms with Gasteiger partial charge in [-0.25, -0.2) is 12.8 Å². The number of nitrogens with one attached hydrogen (secondary N) is 1. The fourth-order valence-corrected chi connectivity index (χ4v) is 4.75. The summed E-state index contributed by atoms with van der Waals surface area (Å²) in [5.41, 5.74) is 0.991. The minimum atomic E-state index is -3.67. The van der Waals surface area contributed by atoms with Gasteiger partial charge in [-0.3, -0.25) is 9.10 Å². The minimum Gasteiger partial charge on any atom is -0.497 e. The van der Waals surface area contributed by atoms with Gasteiger partial charge in [0.1, 0.15) is 17.6 Å². The van der Waals surface area contributed by atoms with Crippen molar-refractivity contribution in [2.45, 2.75) is 18.7 Å². The fourth-order valence-electron chi connectivity index (χ4n) is 2.73. The molecular weight excluding hydrogens is 415 g/mol. The minimum absolute atomic E-state index is 0.249. The number of anilines is 1. The van der Waals surface area contributed by atoms with Crippen molar-refractivity contribution in [3.05, 3.63) is 59.9 Å². The van der Waals surface area contributed by atoms with Crippen molar-refractivity contribution in [3.63, 3.8) is 0 Å². The number of amides is 1. The Kier molecular flexibility index (Phi) is 8.33. The van der Waals surface area contributed by atoms with Crippen molar-refractivity contribution in [3.8, 4) is 5.75 Å². The number of sulfonamides is 1. The highest BCUT2D eigenvalue weighted by Crippen LogP contribution is 2.24. The molecule has 6 nitrogen and oxygen atoms in total. The van der Waals surface area contributed by atoms with E-state index in [-0.39, 0.29) is 5.82 Å². The van der Waals surface area contributed by atoms with Crippen LogP contribution in [0.25, 0.3) is 0 Å². The third kappa shape index (κ3) is 6.64. The van der Waals surface area contributed by atoms with Gasteiger partial charge in [-0.1, -0.05) is 18.2 Å². The predicted octanol–water partition coefficient (Wildman–Crippen LogP) is 3.04. The van der Waals surface area contributed by atoms with Crippen molar-refractivity contribution in [1.29, 1.82) is 0 Å².